The molecule has 0 saturated carbocycles. The first-order chi connectivity index (χ1) is 14.1. The van der Waals surface area contributed by atoms with E-state index in [4.69, 9.17) is 0 Å². The van der Waals surface area contributed by atoms with Crippen LogP contribution in [0.3, 0.4) is 0 Å². The number of nitrogens with one attached hydrogen (secondary N) is 1. The van der Waals surface area contributed by atoms with Crippen molar-refractivity contribution in [3.05, 3.63) is 54.0 Å². The molecule has 1 amide bonds. The molecule has 0 aliphatic carbocycles. The Morgan fingerprint density at radius 3 is 2.69 bits per heavy atom. The van der Waals surface area contributed by atoms with Crippen molar-refractivity contribution in [2.75, 3.05) is 32.1 Å². The SMILES string of the molecule is CN(C)c1ccc2nnc(C3CCN(C(=O)c4c[nH]c5ccccc45)CC3)n2n1. The Hall–Kier alpha value is -3.42. The van der Waals surface area contributed by atoms with Gasteiger partial charge >= 0.3 is 0 Å². The van der Waals surface area contributed by atoms with Crippen LogP contribution in [0.5, 0.6) is 0 Å². The highest BCUT2D eigenvalue weighted by Crippen LogP contribution is 2.29. The Balaban J connectivity index is 1.35. The maximum absolute atomic E-state index is 13.1. The lowest BCUT2D eigenvalue weighted by atomic mass is 9.95. The second-order valence-electron chi connectivity index (χ2n) is 7.73. The van der Waals surface area contributed by atoms with E-state index in [9.17, 15) is 4.79 Å². The van der Waals surface area contributed by atoms with Gasteiger partial charge < -0.3 is 14.8 Å². The number of aromatic amines is 1. The van der Waals surface area contributed by atoms with E-state index in [1.165, 1.54) is 0 Å². The molecule has 4 heterocycles. The highest BCUT2D eigenvalue weighted by atomic mass is 16.2. The zero-order valence-corrected chi connectivity index (χ0v) is 16.5. The number of nitrogens with zero attached hydrogens (tertiary/aromatic N) is 6. The average Bonchev–Trinajstić information content (AvgIpc) is 3.37. The minimum atomic E-state index is 0.0834. The third-order valence-electron chi connectivity index (χ3n) is 5.70. The Morgan fingerprint density at radius 1 is 1.10 bits per heavy atom. The highest BCUT2D eigenvalue weighted by Gasteiger charge is 2.28. The normalized spacial score (nSPS) is 15.3. The van der Waals surface area contributed by atoms with E-state index in [1.807, 2.05) is 71.0 Å². The van der Waals surface area contributed by atoms with Crippen molar-refractivity contribution in [1.82, 2.24) is 29.7 Å². The van der Waals surface area contributed by atoms with Crippen LogP contribution in [0.4, 0.5) is 5.82 Å². The number of amides is 1. The number of rotatable bonds is 3. The van der Waals surface area contributed by atoms with Crippen molar-refractivity contribution >= 4 is 28.3 Å². The first-order valence-corrected chi connectivity index (χ1v) is 9.87. The van der Waals surface area contributed by atoms with E-state index in [1.54, 1.807) is 0 Å². The molecule has 0 radical (unpaired) electrons. The lowest BCUT2D eigenvalue weighted by Crippen LogP contribution is -2.38. The van der Waals surface area contributed by atoms with Gasteiger partial charge in [-0.1, -0.05) is 18.2 Å². The third kappa shape index (κ3) is 3.00. The summed E-state index contributed by atoms with van der Waals surface area (Å²) in [4.78, 5) is 20.1. The summed E-state index contributed by atoms with van der Waals surface area (Å²) >= 11 is 0. The smallest absolute Gasteiger partial charge is 0.256 e. The van der Waals surface area contributed by atoms with Crippen LogP contribution >= 0.6 is 0 Å². The van der Waals surface area contributed by atoms with E-state index >= 15 is 0 Å². The number of para-hydroxylation sites is 1. The van der Waals surface area contributed by atoms with Gasteiger partial charge in [-0.05, 0) is 31.0 Å². The van der Waals surface area contributed by atoms with Crippen LogP contribution in [0.2, 0.25) is 0 Å². The van der Waals surface area contributed by atoms with Crippen molar-refractivity contribution in [1.29, 1.82) is 0 Å². The van der Waals surface area contributed by atoms with Crippen LogP contribution in [0.25, 0.3) is 16.6 Å². The molecule has 1 aliphatic rings. The van der Waals surface area contributed by atoms with Crippen molar-refractivity contribution in [2.24, 2.45) is 0 Å². The van der Waals surface area contributed by atoms with E-state index in [2.05, 4.69) is 20.3 Å². The molecule has 4 aromatic rings. The van der Waals surface area contributed by atoms with E-state index in [0.717, 1.165) is 46.6 Å². The van der Waals surface area contributed by atoms with Gasteiger partial charge in [0.1, 0.15) is 5.82 Å². The van der Waals surface area contributed by atoms with Gasteiger partial charge in [-0.2, -0.15) is 4.52 Å². The minimum Gasteiger partial charge on any atom is -0.361 e. The molecule has 0 spiro atoms. The van der Waals surface area contributed by atoms with Gasteiger partial charge in [0.2, 0.25) is 0 Å². The summed E-state index contributed by atoms with van der Waals surface area (Å²) < 4.78 is 1.84. The molecule has 0 atom stereocenters. The minimum absolute atomic E-state index is 0.0834. The number of H-pyrrole nitrogens is 1. The summed E-state index contributed by atoms with van der Waals surface area (Å²) in [5, 5.41) is 14.3. The number of carbonyl (C=O) groups is 1. The van der Waals surface area contributed by atoms with Crippen LogP contribution in [0, 0.1) is 0 Å². The maximum Gasteiger partial charge on any atom is 0.256 e. The van der Waals surface area contributed by atoms with Crippen molar-refractivity contribution in [3.63, 3.8) is 0 Å². The lowest BCUT2D eigenvalue weighted by Gasteiger charge is -2.31. The molecule has 8 nitrogen and oxygen atoms in total. The molecular weight excluding hydrogens is 366 g/mol. The Kier molecular flexibility index (Phi) is 4.19. The highest BCUT2D eigenvalue weighted by molar-refractivity contribution is 6.06. The molecule has 0 unspecified atom stereocenters. The van der Waals surface area contributed by atoms with Crippen molar-refractivity contribution in [3.8, 4) is 0 Å². The van der Waals surface area contributed by atoms with Gasteiger partial charge in [0.15, 0.2) is 11.5 Å². The second kappa shape index (κ2) is 6.88. The van der Waals surface area contributed by atoms with Crippen LogP contribution in [-0.4, -0.2) is 62.8 Å². The number of piperidine rings is 1. The van der Waals surface area contributed by atoms with Gasteiger partial charge in [-0.15, -0.1) is 15.3 Å². The van der Waals surface area contributed by atoms with Gasteiger partial charge in [-0.25, -0.2) is 0 Å². The second-order valence-corrected chi connectivity index (χ2v) is 7.73. The standard InChI is InChI=1S/C21H23N7O/c1-26(2)19-8-7-18-23-24-20(28(18)25-19)14-9-11-27(12-10-14)21(29)16-13-22-17-6-4-3-5-15(16)17/h3-8,13-14,22H,9-12H2,1-2H3. The van der Waals surface area contributed by atoms with Crippen molar-refractivity contribution < 1.29 is 4.79 Å². The molecular formula is C21H23N7O. The Labute approximate surface area is 168 Å². The largest absolute Gasteiger partial charge is 0.361 e. The van der Waals surface area contributed by atoms with Crippen molar-refractivity contribution in [2.45, 2.75) is 18.8 Å². The number of hydrogen-bond donors (Lipinski definition) is 1. The van der Waals surface area contributed by atoms with Crippen LogP contribution in [0.15, 0.2) is 42.6 Å². The third-order valence-corrected chi connectivity index (χ3v) is 5.70. The molecule has 1 aromatic carbocycles. The summed E-state index contributed by atoms with van der Waals surface area (Å²) in [6, 6.07) is 11.8. The zero-order chi connectivity index (χ0) is 20.0. The Morgan fingerprint density at radius 2 is 1.90 bits per heavy atom. The predicted molar refractivity (Wildman–Crippen MR) is 111 cm³/mol. The molecule has 0 bridgehead atoms. The summed E-state index contributed by atoms with van der Waals surface area (Å²) in [6.45, 7) is 1.40. The first-order valence-electron chi connectivity index (χ1n) is 9.87. The molecule has 1 aliphatic heterocycles. The molecule has 1 fully saturated rings. The zero-order valence-electron chi connectivity index (χ0n) is 16.5. The number of aromatic nitrogens is 5. The van der Waals surface area contributed by atoms with Crippen LogP contribution in [0.1, 0.15) is 34.9 Å². The average molecular weight is 389 g/mol. The summed E-state index contributed by atoms with van der Waals surface area (Å²) in [5.41, 5.74) is 2.48. The number of carbonyl (C=O) groups excluding carboxylic acids is 1. The number of benzene rings is 1. The number of hydrogen-bond acceptors (Lipinski definition) is 5. The molecule has 1 N–H and O–H groups in total. The quantitative estimate of drug-likeness (QED) is 0.583. The fourth-order valence-corrected chi connectivity index (χ4v) is 4.05. The van der Waals surface area contributed by atoms with E-state index in [0.29, 0.717) is 13.1 Å². The van der Waals surface area contributed by atoms with Gasteiger partial charge in [0, 0.05) is 50.2 Å². The lowest BCUT2D eigenvalue weighted by molar-refractivity contribution is 0.0712. The van der Waals surface area contributed by atoms with E-state index in [-0.39, 0.29) is 11.8 Å². The number of anilines is 1. The van der Waals surface area contributed by atoms with Gasteiger partial charge in [0.25, 0.3) is 5.91 Å². The summed E-state index contributed by atoms with van der Waals surface area (Å²) in [5.74, 6) is 2.07. The monoisotopic (exact) mass is 389 g/mol. The number of fused-ring (bicyclic) bond motifs is 2. The van der Waals surface area contributed by atoms with Gasteiger partial charge in [0.05, 0.1) is 5.56 Å². The fraction of sp³-hybridized carbons (Fsp3) is 0.333. The van der Waals surface area contributed by atoms with Crippen LogP contribution < -0.4 is 4.90 Å². The molecule has 8 heteroatoms. The molecule has 148 valence electrons. The van der Waals surface area contributed by atoms with Crippen LogP contribution in [-0.2, 0) is 0 Å². The number of likely N-dealkylation sites (tertiary alicyclic amines) is 1. The summed E-state index contributed by atoms with van der Waals surface area (Å²) in [7, 11) is 3.93. The maximum atomic E-state index is 13.1. The Bertz CT molecular complexity index is 1180. The molecule has 5 rings (SSSR count). The fourth-order valence-electron chi connectivity index (χ4n) is 4.05. The molecule has 1 saturated heterocycles. The topological polar surface area (TPSA) is 82.4 Å². The first kappa shape index (κ1) is 17.7. The summed E-state index contributed by atoms with van der Waals surface area (Å²) in [6.07, 6.45) is 3.52. The van der Waals surface area contributed by atoms with E-state index < -0.39 is 0 Å². The van der Waals surface area contributed by atoms with Gasteiger partial charge in [-0.3, -0.25) is 4.79 Å². The molecule has 3 aromatic heterocycles. The predicted octanol–water partition coefficient (Wildman–Crippen LogP) is 2.69. The molecule has 29 heavy (non-hydrogen) atoms.